The van der Waals surface area contributed by atoms with Gasteiger partial charge in [0.25, 0.3) is 10.0 Å². The molecule has 0 aromatic heterocycles. The summed E-state index contributed by atoms with van der Waals surface area (Å²) >= 11 is 0. The number of hydrogen-bond donors (Lipinski definition) is 2. The summed E-state index contributed by atoms with van der Waals surface area (Å²) in [5, 5.41) is 2.80. The highest BCUT2D eigenvalue weighted by molar-refractivity contribution is 7.92. The molecule has 0 heterocycles. The van der Waals surface area contributed by atoms with Crippen LogP contribution in [0.15, 0.2) is 65.6 Å². The van der Waals surface area contributed by atoms with Gasteiger partial charge in [-0.25, -0.2) is 12.8 Å². The molecule has 32 heavy (non-hydrogen) atoms. The van der Waals surface area contributed by atoms with Gasteiger partial charge in [-0.3, -0.25) is 9.52 Å². The van der Waals surface area contributed by atoms with Gasteiger partial charge in [0, 0.05) is 5.69 Å². The molecule has 3 aromatic carbocycles. The van der Waals surface area contributed by atoms with Gasteiger partial charge in [-0.05, 0) is 78.4 Å². The minimum Gasteiger partial charge on any atom is -0.495 e. The molecule has 0 aliphatic heterocycles. The van der Waals surface area contributed by atoms with Crippen LogP contribution in [0.3, 0.4) is 0 Å². The Bertz CT molecular complexity index is 1260. The van der Waals surface area contributed by atoms with Gasteiger partial charge >= 0.3 is 0 Å². The zero-order chi connectivity index (χ0) is 22.7. The monoisotopic (exact) mass is 454 g/mol. The molecular weight excluding hydrogens is 431 g/mol. The van der Waals surface area contributed by atoms with E-state index in [-0.39, 0.29) is 28.7 Å². The lowest BCUT2D eigenvalue weighted by atomic mass is 10.0. The average molecular weight is 455 g/mol. The fraction of sp³-hybridized carbons (Fsp3) is 0.208. The second-order valence-corrected chi connectivity index (χ2v) is 9.34. The summed E-state index contributed by atoms with van der Waals surface area (Å²) in [6.45, 7) is 0. The third kappa shape index (κ3) is 4.91. The summed E-state index contributed by atoms with van der Waals surface area (Å²) in [6, 6.07) is 15.3. The van der Waals surface area contributed by atoms with Gasteiger partial charge in [0.2, 0.25) is 5.91 Å². The van der Waals surface area contributed by atoms with Gasteiger partial charge in [0.15, 0.2) is 0 Å². The summed E-state index contributed by atoms with van der Waals surface area (Å²) in [7, 11) is -2.56. The molecule has 0 unspecified atom stereocenters. The van der Waals surface area contributed by atoms with E-state index in [9.17, 15) is 17.6 Å². The summed E-state index contributed by atoms with van der Waals surface area (Å²) in [5.74, 6) is -0.456. The number of carbonyl (C=O) groups is 1. The third-order valence-electron chi connectivity index (χ3n) is 5.38. The van der Waals surface area contributed by atoms with Crippen molar-refractivity contribution < 1.29 is 22.3 Å². The normalized spacial score (nSPS) is 12.8. The molecule has 0 saturated carbocycles. The van der Waals surface area contributed by atoms with Crippen LogP contribution in [0.1, 0.15) is 23.1 Å². The summed E-state index contributed by atoms with van der Waals surface area (Å²) < 4.78 is 46.2. The number of hydrogen-bond acceptors (Lipinski definition) is 4. The smallest absolute Gasteiger partial charge is 0.262 e. The second-order valence-electron chi connectivity index (χ2n) is 7.66. The molecule has 6 nitrogen and oxygen atoms in total. The molecule has 1 aliphatic carbocycles. The van der Waals surface area contributed by atoms with E-state index in [2.05, 4.69) is 22.2 Å². The minimum absolute atomic E-state index is 0.0907. The molecule has 0 saturated heterocycles. The first-order chi connectivity index (χ1) is 15.3. The van der Waals surface area contributed by atoms with Crippen molar-refractivity contribution in [1.82, 2.24) is 0 Å². The first-order valence-corrected chi connectivity index (χ1v) is 11.7. The number of carbonyl (C=O) groups excluding carboxylic acids is 1. The number of amides is 1. The highest BCUT2D eigenvalue weighted by Crippen LogP contribution is 2.30. The van der Waals surface area contributed by atoms with Crippen molar-refractivity contribution >= 4 is 27.3 Å². The van der Waals surface area contributed by atoms with Crippen LogP contribution in [0.5, 0.6) is 5.75 Å². The van der Waals surface area contributed by atoms with Gasteiger partial charge < -0.3 is 10.1 Å². The van der Waals surface area contributed by atoms with Crippen LogP contribution in [-0.2, 0) is 34.1 Å². The van der Waals surface area contributed by atoms with Crippen LogP contribution in [0.25, 0.3) is 0 Å². The lowest BCUT2D eigenvalue weighted by Gasteiger charge is -2.14. The molecular formula is C24H23FN2O4S. The van der Waals surface area contributed by atoms with Crippen molar-refractivity contribution in [2.45, 2.75) is 30.6 Å². The largest absolute Gasteiger partial charge is 0.495 e. The summed E-state index contributed by atoms with van der Waals surface area (Å²) in [6.07, 6.45) is 3.49. The van der Waals surface area contributed by atoms with Crippen LogP contribution in [0.4, 0.5) is 15.8 Å². The third-order valence-corrected chi connectivity index (χ3v) is 6.76. The predicted molar refractivity (Wildman–Crippen MR) is 121 cm³/mol. The van der Waals surface area contributed by atoms with E-state index in [1.165, 1.54) is 36.4 Å². The molecule has 8 heteroatoms. The van der Waals surface area contributed by atoms with E-state index in [1.807, 2.05) is 6.07 Å². The maximum Gasteiger partial charge on any atom is 0.262 e. The summed E-state index contributed by atoms with van der Waals surface area (Å²) in [4.78, 5) is 12.5. The number of aryl methyl sites for hydroxylation is 2. The molecule has 1 aliphatic rings. The first-order valence-electron chi connectivity index (χ1n) is 10.2. The Morgan fingerprint density at radius 1 is 1.00 bits per heavy atom. The van der Waals surface area contributed by atoms with Crippen molar-refractivity contribution in [3.05, 3.63) is 83.2 Å². The number of methoxy groups -OCH3 is 1. The van der Waals surface area contributed by atoms with Crippen LogP contribution < -0.4 is 14.8 Å². The summed E-state index contributed by atoms with van der Waals surface area (Å²) in [5.41, 5.74) is 4.18. The fourth-order valence-electron chi connectivity index (χ4n) is 3.81. The van der Waals surface area contributed by atoms with Crippen molar-refractivity contribution in [1.29, 1.82) is 0 Å². The van der Waals surface area contributed by atoms with Crippen molar-refractivity contribution in [3.63, 3.8) is 0 Å². The van der Waals surface area contributed by atoms with Gasteiger partial charge in [0.05, 0.1) is 24.1 Å². The maximum absolute atomic E-state index is 13.1. The van der Waals surface area contributed by atoms with E-state index in [1.54, 1.807) is 12.1 Å². The topological polar surface area (TPSA) is 84.5 Å². The molecule has 0 fully saturated rings. The molecule has 0 spiro atoms. The minimum atomic E-state index is -3.97. The first kappa shape index (κ1) is 21.8. The molecule has 2 N–H and O–H groups in total. The lowest BCUT2D eigenvalue weighted by molar-refractivity contribution is -0.115. The van der Waals surface area contributed by atoms with E-state index < -0.39 is 15.8 Å². The maximum atomic E-state index is 13.1. The van der Waals surface area contributed by atoms with Crippen LogP contribution in [0.2, 0.25) is 0 Å². The molecule has 0 radical (unpaired) electrons. The van der Waals surface area contributed by atoms with E-state index in [0.717, 1.165) is 37.0 Å². The standard InChI is InChI=1S/C24H23FN2O4S/c1-31-23-12-9-20(15-22(23)27-32(29,30)21-10-7-19(25)8-11-21)26-24(28)14-16-5-6-17-3-2-4-18(17)13-16/h5-13,15,27H,2-4,14H2,1H3,(H,26,28). The van der Waals surface area contributed by atoms with E-state index in [4.69, 9.17) is 4.74 Å². The quantitative estimate of drug-likeness (QED) is 0.557. The Hall–Kier alpha value is -3.39. The molecule has 166 valence electrons. The van der Waals surface area contributed by atoms with Crippen molar-refractivity contribution in [3.8, 4) is 5.75 Å². The number of anilines is 2. The van der Waals surface area contributed by atoms with Crippen LogP contribution in [0, 0.1) is 5.82 Å². The van der Waals surface area contributed by atoms with E-state index >= 15 is 0 Å². The number of benzene rings is 3. The molecule has 4 rings (SSSR count). The number of rotatable bonds is 7. The number of halogens is 1. The number of fused-ring (bicyclic) bond motifs is 1. The Labute approximate surface area is 186 Å². The predicted octanol–water partition coefficient (Wildman–Crippen LogP) is 4.31. The van der Waals surface area contributed by atoms with Gasteiger partial charge in [-0.15, -0.1) is 0 Å². The molecule has 1 amide bonds. The Balaban J connectivity index is 1.50. The van der Waals surface area contributed by atoms with Crippen molar-refractivity contribution in [2.24, 2.45) is 0 Å². The average Bonchev–Trinajstić information content (AvgIpc) is 3.22. The SMILES string of the molecule is COc1ccc(NC(=O)Cc2ccc3c(c2)CCC3)cc1NS(=O)(=O)c1ccc(F)cc1. The van der Waals surface area contributed by atoms with Crippen LogP contribution >= 0.6 is 0 Å². The number of nitrogens with one attached hydrogen (secondary N) is 2. The molecule has 0 atom stereocenters. The fourth-order valence-corrected chi connectivity index (χ4v) is 4.87. The number of sulfonamides is 1. The zero-order valence-corrected chi connectivity index (χ0v) is 18.3. The second kappa shape index (κ2) is 9.00. The van der Waals surface area contributed by atoms with Gasteiger partial charge in [0.1, 0.15) is 11.6 Å². The lowest BCUT2D eigenvalue weighted by Crippen LogP contribution is -2.16. The Kier molecular flexibility index (Phi) is 6.14. The molecule has 3 aromatic rings. The van der Waals surface area contributed by atoms with E-state index in [0.29, 0.717) is 5.69 Å². The Morgan fingerprint density at radius 3 is 2.50 bits per heavy atom. The molecule has 0 bridgehead atoms. The van der Waals surface area contributed by atoms with Crippen LogP contribution in [-0.4, -0.2) is 21.4 Å². The van der Waals surface area contributed by atoms with Gasteiger partial charge in [-0.1, -0.05) is 18.2 Å². The highest BCUT2D eigenvalue weighted by Gasteiger charge is 2.18. The van der Waals surface area contributed by atoms with Crippen molar-refractivity contribution in [2.75, 3.05) is 17.1 Å². The Morgan fingerprint density at radius 2 is 1.75 bits per heavy atom. The van der Waals surface area contributed by atoms with Gasteiger partial charge in [-0.2, -0.15) is 0 Å². The highest BCUT2D eigenvalue weighted by atomic mass is 32.2. The zero-order valence-electron chi connectivity index (χ0n) is 17.5. The number of ether oxygens (including phenoxy) is 1.